The third-order valence-electron chi connectivity index (χ3n) is 2.52. The number of hydrogen-bond donors (Lipinski definition) is 3. The molecule has 1 aliphatic carbocycles. The summed E-state index contributed by atoms with van der Waals surface area (Å²) >= 11 is 6.49. The molecule has 1 aliphatic rings. The van der Waals surface area contributed by atoms with Crippen molar-refractivity contribution in [3.63, 3.8) is 0 Å². The van der Waals surface area contributed by atoms with Crippen LogP contribution >= 0.6 is 24.0 Å². The van der Waals surface area contributed by atoms with Crippen LogP contribution in [0.5, 0.6) is 0 Å². The molecule has 0 saturated heterocycles. The zero-order valence-corrected chi connectivity index (χ0v) is 10.2. The molecule has 0 aromatic heterocycles. The largest absolute Gasteiger partial charge is 0.411 e. The lowest BCUT2D eigenvalue weighted by molar-refractivity contribution is 0.315. The van der Waals surface area contributed by atoms with Crippen molar-refractivity contribution < 1.29 is 5.21 Å². The minimum Gasteiger partial charge on any atom is -0.411 e. The third kappa shape index (κ3) is 4.36. The summed E-state index contributed by atoms with van der Waals surface area (Å²) < 4.78 is 0.557. The van der Waals surface area contributed by atoms with Crippen LogP contribution in [0.15, 0.2) is 5.16 Å². The molecule has 1 fully saturated rings. The molecule has 0 radical (unpaired) electrons. The number of hydrazine groups is 1. The number of hydrogen-bond acceptors (Lipinski definition) is 5. The molecule has 1 rings (SSSR count). The fourth-order valence-electron chi connectivity index (χ4n) is 1.72. The number of nitrogens with zero attached hydrogens (tertiary/aromatic N) is 1. The highest BCUT2D eigenvalue weighted by Gasteiger charge is 2.20. The fourth-order valence-corrected chi connectivity index (χ4v) is 2.98. The highest BCUT2D eigenvalue weighted by molar-refractivity contribution is 8.23. The van der Waals surface area contributed by atoms with Crippen LogP contribution in [0.1, 0.15) is 38.5 Å². The monoisotopic (exact) mass is 247 g/mol. The van der Waals surface area contributed by atoms with Gasteiger partial charge in [0.05, 0.1) is 11.0 Å². The van der Waals surface area contributed by atoms with Crippen LogP contribution in [-0.2, 0) is 0 Å². The number of thioether (sulfide) groups is 1. The van der Waals surface area contributed by atoms with Gasteiger partial charge in [-0.15, -0.1) is 0 Å². The van der Waals surface area contributed by atoms with E-state index in [4.69, 9.17) is 23.3 Å². The van der Waals surface area contributed by atoms with Gasteiger partial charge in [-0.3, -0.25) is 0 Å². The Morgan fingerprint density at radius 2 is 2.20 bits per heavy atom. The Kier molecular flexibility index (Phi) is 5.97. The van der Waals surface area contributed by atoms with Crippen molar-refractivity contribution in [1.82, 2.24) is 5.43 Å². The second-order valence-electron chi connectivity index (χ2n) is 3.58. The van der Waals surface area contributed by atoms with Gasteiger partial charge in [0.15, 0.2) is 0 Å². The zero-order valence-electron chi connectivity index (χ0n) is 8.61. The molecule has 1 saturated carbocycles. The number of nitrogens with two attached hydrogens (primary N) is 1. The van der Waals surface area contributed by atoms with E-state index in [1.165, 1.54) is 24.6 Å². The van der Waals surface area contributed by atoms with E-state index >= 15 is 0 Å². The molecule has 0 aromatic rings. The molecule has 0 aromatic carbocycles. The number of nitrogens with one attached hydrogen (secondary N) is 1. The quantitative estimate of drug-likeness (QED) is 0.286. The molecule has 0 heterocycles. The standard InChI is InChI=1S/C9H17N3OS2/c10-11-9(14)15-8-6-4-2-1-3-5-7(8)12-13/h8,13H,1-6,10H2,(H,11,14)/b12-7-/t8-/m0/s1. The minimum atomic E-state index is 0.179. The minimum absolute atomic E-state index is 0.179. The Morgan fingerprint density at radius 3 is 2.87 bits per heavy atom. The van der Waals surface area contributed by atoms with E-state index in [2.05, 4.69) is 10.6 Å². The molecule has 1 atom stereocenters. The number of oxime groups is 1. The summed E-state index contributed by atoms with van der Waals surface area (Å²) in [5.74, 6) is 5.23. The SMILES string of the molecule is NNC(=S)S[C@H]1CCCCCC/C1=N/O. The average molecular weight is 247 g/mol. The van der Waals surface area contributed by atoms with Gasteiger partial charge in [0.1, 0.15) is 4.32 Å². The zero-order chi connectivity index (χ0) is 11.1. The third-order valence-corrected chi connectivity index (χ3v) is 4.05. The van der Waals surface area contributed by atoms with Crippen LogP contribution in [0, 0.1) is 0 Å². The molecule has 0 amide bonds. The topological polar surface area (TPSA) is 70.6 Å². The van der Waals surface area contributed by atoms with E-state index in [0.29, 0.717) is 4.32 Å². The Labute approximate surface area is 99.6 Å². The Balaban J connectivity index is 2.57. The van der Waals surface area contributed by atoms with Gasteiger partial charge < -0.3 is 10.6 Å². The Hall–Kier alpha value is -0.330. The van der Waals surface area contributed by atoms with Crippen molar-refractivity contribution >= 4 is 34.0 Å². The van der Waals surface area contributed by atoms with Crippen molar-refractivity contribution in [2.24, 2.45) is 11.0 Å². The maximum absolute atomic E-state index is 8.94. The van der Waals surface area contributed by atoms with Crippen molar-refractivity contribution in [1.29, 1.82) is 0 Å². The molecule has 15 heavy (non-hydrogen) atoms. The lowest BCUT2D eigenvalue weighted by atomic mass is 9.99. The summed E-state index contributed by atoms with van der Waals surface area (Å²) in [6.07, 6.45) is 6.59. The Morgan fingerprint density at radius 1 is 1.47 bits per heavy atom. The first-order valence-electron chi connectivity index (χ1n) is 5.16. The van der Waals surface area contributed by atoms with Gasteiger partial charge in [0.25, 0.3) is 0 Å². The first-order valence-corrected chi connectivity index (χ1v) is 6.44. The van der Waals surface area contributed by atoms with Gasteiger partial charge in [-0.25, -0.2) is 5.84 Å². The average Bonchev–Trinajstić information content (AvgIpc) is 2.22. The van der Waals surface area contributed by atoms with Crippen molar-refractivity contribution in [3.8, 4) is 0 Å². The summed E-state index contributed by atoms with van der Waals surface area (Å²) in [4.78, 5) is 0. The van der Waals surface area contributed by atoms with E-state index in [-0.39, 0.29) is 5.25 Å². The molecule has 0 bridgehead atoms. The highest BCUT2D eigenvalue weighted by Crippen LogP contribution is 2.25. The van der Waals surface area contributed by atoms with Crippen molar-refractivity contribution in [2.45, 2.75) is 43.8 Å². The van der Waals surface area contributed by atoms with E-state index in [0.717, 1.165) is 31.4 Å². The lowest BCUT2D eigenvalue weighted by Gasteiger charge is -2.20. The maximum Gasteiger partial charge on any atom is 0.148 e. The molecular formula is C9H17N3OS2. The summed E-state index contributed by atoms with van der Waals surface area (Å²) in [6, 6.07) is 0. The second kappa shape index (κ2) is 7.03. The normalized spacial score (nSPS) is 25.7. The molecule has 6 heteroatoms. The lowest BCUT2D eigenvalue weighted by Crippen LogP contribution is -2.30. The molecule has 0 unspecified atom stereocenters. The predicted molar refractivity (Wildman–Crippen MR) is 68.2 cm³/mol. The summed E-state index contributed by atoms with van der Waals surface area (Å²) in [7, 11) is 0. The smallest absolute Gasteiger partial charge is 0.148 e. The fraction of sp³-hybridized carbons (Fsp3) is 0.778. The van der Waals surface area contributed by atoms with Crippen molar-refractivity contribution in [2.75, 3.05) is 0 Å². The van der Waals surface area contributed by atoms with Crippen LogP contribution in [0.4, 0.5) is 0 Å². The van der Waals surface area contributed by atoms with Gasteiger partial charge in [0, 0.05) is 0 Å². The molecule has 0 aliphatic heterocycles. The summed E-state index contributed by atoms with van der Waals surface area (Å²) in [6.45, 7) is 0. The van der Waals surface area contributed by atoms with Gasteiger partial charge in [0.2, 0.25) is 0 Å². The van der Waals surface area contributed by atoms with Crippen LogP contribution < -0.4 is 11.3 Å². The van der Waals surface area contributed by atoms with Crippen LogP contribution in [-0.4, -0.2) is 20.5 Å². The molecule has 4 N–H and O–H groups in total. The Bertz CT molecular complexity index is 246. The molecule has 0 spiro atoms. The molecule has 86 valence electrons. The van der Waals surface area contributed by atoms with E-state index < -0.39 is 0 Å². The molecular weight excluding hydrogens is 230 g/mol. The van der Waals surface area contributed by atoms with E-state index in [9.17, 15) is 0 Å². The van der Waals surface area contributed by atoms with Gasteiger partial charge in [-0.1, -0.05) is 48.4 Å². The first kappa shape index (κ1) is 12.7. The number of thiocarbonyl (C=S) groups is 1. The van der Waals surface area contributed by atoms with Crippen LogP contribution in [0.25, 0.3) is 0 Å². The maximum atomic E-state index is 8.94. The van der Waals surface area contributed by atoms with Crippen LogP contribution in [0.2, 0.25) is 0 Å². The van der Waals surface area contributed by atoms with Gasteiger partial charge >= 0.3 is 0 Å². The highest BCUT2D eigenvalue weighted by atomic mass is 32.2. The van der Waals surface area contributed by atoms with E-state index in [1.807, 2.05) is 0 Å². The van der Waals surface area contributed by atoms with E-state index in [1.54, 1.807) is 0 Å². The van der Waals surface area contributed by atoms with Gasteiger partial charge in [-0.05, 0) is 19.3 Å². The van der Waals surface area contributed by atoms with Gasteiger partial charge in [-0.2, -0.15) is 0 Å². The predicted octanol–water partition coefficient (Wildman–Crippen LogP) is 2.02. The second-order valence-corrected chi connectivity index (χ2v) is 5.46. The van der Waals surface area contributed by atoms with Crippen LogP contribution in [0.3, 0.4) is 0 Å². The molecule has 4 nitrogen and oxygen atoms in total. The summed E-state index contributed by atoms with van der Waals surface area (Å²) in [5, 5.41) is 12.5. The number of rotatable bonds is 1. The first-order chi connectivity index (χ1) is 7.27. The summed E-state index contributed by atoms with van der Waals surface area (Å²) in [5.41, 5.74) is 3.30. The van der Waals surface area contributed by atoms with Crippen molar-refractivity contribution in [3.05, 3.63) is 0 Å².